The third-order valence-corrected chi connectivity index (χ3v) is 9.37. The van der Waals surface area contributed by atoms with Crippen LogP contribution in [0.2, 0.25) is 0 Å². The van der Waals surface area contributed by atoms with E-state index in [9.17, 15) is 9.90 Å². The molecule has 6 heteroatoms. The van der Waals surface area contributed by atoms with Crippen LogP contribution in [0.25, 0.3) is 0 Å². The molecule has 2 aliphatic heterocycles. The summed E-state index contributed by atoms with van der Waals surface area (Å²) >= 11 is 2.10. The van der Waals surface area contributed by atoms with Gasteiger partial charge in [0.15, 0.2) is 0 Å². The van der Waals surface area contributed by atoms with Crippen LogP contribution < -0.4 is 0 Å². The summed E-state index contributed by atoms with van der Waals surface area (Å²) in [5, 5.41) is 14.3. The van der Waals surface area contributed by atoms with E-state index in [1.807, 2.05) is 6.92 Å². The molecule has 212 valence electrons. The molecule has 0 radical (unpaired) electrons. The second-order valence-corrected chi connectivity index (χ2v) is 12.8. The van der Waals surface area contributed by atoms with Crippen molar-refractivity contribution in [2.24, 2.45) is 16.5 Å². The highest BCUT2D eigenvalue weighted by Gasteiger charge is 2.42. The molecule has 1 N–H and O–H groups in total. The summed E-state index contributed by atoms with van der Waals surface area (Å²) in [5.74, 6) is 1.23. The highest BCUT2D eigenvalue weighted by atomic mass is 32.2. The van der Waals surface area contributed by atoms with Crippen LogP contribution in [-0.2, 0) is 9.63 Å². The number of nitrogens with zero attached hydrogens (tertiary/aromatic N) is 2. The van der Waals surface area contributed by atoms with Crippen molar-refractivity contribution in [3.05, 3.63) is 71.4 Å². The average Bonchev–Trinajstić information content (AvgIpc) is 3.85. The molecule has 0 bridgehead atoms. The Morgan fingerprint density at radius 2 is 2.05 bits per heavy atom. The summed E-state index contributed by atoms with van der Waals surface area (Å²) in [6.45, 7) is 12.1. The predicted octanol–water partition coefficient (Wildman–Crippen LogP) is 7.50. The zero-order valence-electron chi connectivity index (χ0n) is 23.9. The Hall–Kier alpha value is -2.31. The number of allylic oxidation sites excluding steroid dienone is 7. The molecule has 1 unspecified atom stereocenters. The third-order valence-electron chi connectivity index (χ3n) is 8.17. The SMILES string of the molecule is C=C(C=CC(=CCC)C(=O)O)C1=NOCCCN(CCC(=CCC2CC2)C=C2C(C)SCCC23C=C3)CCC1. The van der Waals surface area contributed by atoms with Gasteiger partial charge in [0.05, 0.1) is 11.3 Å². The maximum Gasteiger partial charge on any atom is 0.335 e. The van der Waals surface area contributed by atoms with Crippen molar-refractivity contribution in [1.29, 1.82) is 0 Å². The first-order valence-corrected chi connectivity index (χ1v) is 15.9. The molecular formula is C33H46N2O3S. The average molecular weight is 551 g/mol. The number of carboxylic acid groups (broad SMARTS) is 1. The Morgan fingerprint density at radius 1 is 1.26 bits per heavy atom. The fraction of sp³-hybridized carbons (Fsp3) is 0.576. The van der Waals surface area contributed by atoms with E-state index in [4.69, 9.17) is 4.84 Å². The zero-order chi connectivity index (χ0) is 27.7. The number of oxime groups is 1. The number of hydrogen-bond donors (Lipinski definition) is 1. The highest BCUT2D eigenvalue weighted by Crippen LogP contribution is 2.53. The lowest BCUT2D eigenvalue weighted by atomic mass is 9.85. The zero-order valence-corrected chi connectivity index (χ0v) is 24.7. The molecule has 0 aromatic heterocycles. The Kier molecular flexibility index (Phi) is 10.9. The maximum absolute atomic E-state index is 11.4. The van der Waals surface area contributed by atoms with Gasteiger partial charge in [-0.25, -0.2) is 4.79 Å². The number of carbonyl (C=O) groups is 1. The third kappa shape index (κ3) is 9.11. The van der Waals surface area contributed by atoms with Crippen LogP contribution >= 0.6 is 11.8 Å². The van der Waals surface area contributed by atoms with E-state index in [1.54, 1.807) is 23.8 Å². The number of thioether (sulfide) groups is 1. The number of aliphatic carboxylic acids is 1. The van der Waals surface area contributed by atoms with Crippen molar-refractivity contribution >= 4 is 23.4 Å². The maximum atomic E-state index is 11.4. The lowest BCUT2D eigenvalue weighted by Gasteiger charge is -2.31. The van der Waals surface area contributed by atoms with E-state index in [2.05, 4.69) is 59.6 Å². The van der Waals surface area contributed by atoms with Gasteiger partial charge in [-0.3, -0.25) is 0 Å². The fourth-order valence-electron chi connectivity index (χ4n) is 5.40. The van der Waals surface area contributed by atoms with Crippen molar-refractivity contribution in [3.8, 4) is 0 Å². The van der Waals surface area contributed by atoms with Gasteiger partial charge in [-0.2, -0.15) is 11.8 Å². The van der Waals surface area contributed by atoms with Gasteiger partial charge >= 0.3 is 5.97 Å². The van der Waals surface area contributed by atoms with Crippen molar-refractivity contribution < 1.29 is 14.7 Å². The Balaban J connectivity index is 1.35. The number of rotatable bonds is 11. The van der Waals surface area contributed by atoms with Gasteiger partial charge in [-0.1, -0.05) is 60.7 Å². The van der Waals surface area contributed by atoms with Crippen molar-refractivity contribution in [3.63, 3.8) is 0 Å². The molecule has 5 nitrogen and oxygen atoms in total. The minimum Gasteiger partial charge on any atom is -0.478 e. The van der Waals surface area contributed by atoms with Crippen molar-refractivity contribution in [2.45, 2.75) is 76.9 Å². The minimum absolute atomic E-state index is 0.274. The molecule has 1 saturated carbocycles. The van der Waals surface area contributed by atoms with Crippen LogP contribution in [0.3, 0.4) is 0 Å². The van der Waals surface area contributed by atoms with E-state index < -0.39 is 5.97 Å². The van der Waals surface area contributed by atoms with Crippen molar-refractivity contribution in [2.75, 3.05) is 32.0 Å². The summed E-state index contributed by atoms with van der Waals surface area (Å²) in [4.78, 5) is 19.6. The predicted molar refractivity (Wildman–Crippen MR) is 164 cm³/mol. The first-order chi connectivity index (χ1) is 18.9. The second kappa shape index (κ2) is 14.4. The van der Waals surface area contributed by atoms with E-state index in [-0.39, 0.29) is 11.0 Å². The quantitative estimate of drug-likeness (QED) is 0.164. The Bertz CT molecular complexity index is 1070. The molecule has 39 heavy (non-hydrogen) atoms. The van der Waals surface area contributed by atoms with E-state index in [0.717, 1.165) is 56.9 Å². The summed E-state index contributed by atoms with van der Waals surface area (Å²) in [6.07, 6.45) is 24.7. The summed E-state index contributed by atoms with van der Waals surface area (Å²) < 4.78 is 0. The van der Waals surface area contributed by atoms with Gasteiger partial charge in [-0.15, -0.1) is 0 Å². The molecule has 2 aliphatic carbocycles. The number of carboxylic acids is 1. The first kappa shape index (κ1) is 29.7. The summed E-state index contributed by atoms with van der Waals surface area (Å²) in [6, 6.07) is 0. The standard InChI is InChI=1S/C33H46N2O3S/c1-4-7-29(32(36)37)14-9-25(2)31-8-5-19-35(20-6-22-38-34-31)21-15-28(13-12-27-10-11-27)24-30-26(3)39-23-18-33(30)16-17-33/h7,9,13-14,16-17,24,26-27H,2,4-6,8,10-12,15,18-23H2,1,3H3,(H,36,37). The van der Waals surface area contributed by atoms with Gasteiger partial charge in [0.25, 0.3) is 0 Å². The smallest absolute Gasteiger partial charge is 0.335 e. The largest absolute Gasteiger partial charge is 0.478 e. The summed E-state index contributed by atoms with van der Waals surface area (Å²) in [7, 11) is 0. The van der Waals surface area contributed by atoms with Gasteiger partial charge in [0, 0.05) is 23.8 Å². The molecule has 1 atom stereocenters. The van der Waals surface area contributed by atoms with Crippen LogP contribution in [0, 0.1) is 11.3 Å². The fourth-order valence-corrected chi connectivity index (χ4v) is 6.68. The van der Waals surface area contributed by atoms with E-state index in [0.29, 0.717) is 23.9 Å². The molecule has 2 fully saturated rings. The van der Waals surface area contributed by atoms with Gasteiger partial charge in [-0.05, 0) is 100 Å². The molecule has 1 saturated heterocycles. The monoisotopic (exact) mass is 550 g/mol. The molecule has 0 amide bonds. The van der Waals surface area contributed by atoms with Crippen LogP contribution in [0.4, 0.5) is 0 Å². The summed E-state index contributed by atoms with van der Waals surface area (Å²) in [5.41, 5.74) is 5.20. The lowest BCUT2D eigenvalue weighted by Crippen LogP contribution is -2.29. The molecule has 4 aliphatic rings. The van der Waals surface area contributed by atoms with Crippen molar-refractivity contribution in [1.82, 2.24) is 4.90 Å². The van der Waals surface area contributed by atoms with Gasteiger partial charge in [0.2, 0.25) is 0 Å². The Labute approximate surface area is 239 Å². The topological polar surface area (TPSA) is 62.1 Å². The van der Waals surface area contributed by atoms with Crippen LogP contribution in [-0.4, -0.2) is 58.9 Å². The molecule has 0 aromatic carbocycles. The first-order valence-electron chi connectivity index (χ1n) is 14.9. The van der Waals surface area contributed by atoms with E-state index in [1.165, 1.54) is 37.0 Å². The van der Waals surface area contributed by atoms with E-state index >= 15 is 0 Å². The normalized spacial score (nSPS) is 25.5. The van der Waals surface area contributed by atoms with Gasteiger partial charge in [0.1, 0.15) is 6.61 Å². The molecular weight excluding hydrogens is 504 g/mol. The number of hydrogen-bond acceptors (Lipinski definition) is 5. The second-order valence-electron chi connectivity index (χ2n) is 11.3. The van der Waals surface area contributed by atoms with Crippen LogP contribution in [0.1, 0.15) is 71.6 Å². The Morgan fingerprint density at radius 3 is 2.77 bits per heavy atom. The molecule has 2 heterocycles. The molecule has 4 rings (SSSR count). The molecule has 0 aromatic rings. The van der Waals surface area contributed by atoms with Crippen LogP contribution in [0.5, 0.6) is 0 Å². The van der Waals surface area contributed by atoms with Crippen LogP contribution in [0.15, 0.2) is 76.6 Å². The molecule has 1 spiro atoms. The van der Waals surface area contributed by atoms with Gasteiger partial charge < -0.3 is 14.8 Å². The lowest BCUT2D eigenvalue weighted by molar-refractivity contribution is -0.132. The highest BCUT2D eigenvalue weighted by molar-refractivity contribution is 8.00. The minimum atomic E-state index is -0.929.